The molecule has 2 amide bonds. The molecule has 3 aliphatic heterocycles. The van der Waals surface area contributed by atoms with Gasteiger partial charge in [-0.1, -0.05) is 73.3 Å². The van der Waals surface area contributed by atoms with Crippen molar-refractivity contribution in [2.24, 2.45) is 0 Å². The number of thiocarbonyl (C=S) groups is 2. The number of rotatable bonds is 10. The fourth-order valence-electron chi connectivity index (χ4n) is 7.18. The van der Waals surface area contributed by atoms with Crippen molar-refractivity contribution in [2.75, 3.05) is 34.4 Å². The number of likely N-dealkylation sites (tertiary alicyclic amines) is 1. The van der Waals surface area contributed by atoms with Crippen molar-refractivity contribution in [2.45, 2.75) is 43.6 Å². The Morgan fingerprint density at radius 2 is 1.20 bits per heavy atom. The van der Waals surface area contributed by atoms with Crippen LogP contribution < -0.4 is 24.8 Å². The lowest BCUT2D eigenvalue weighted by molar-refractivity contribution is -0.117. The normalized spacial score (nSPS) is 20.2. The average Bonchev–Trinajstić information content (AvgIpc) is 3.11. The van der Waals surface area contributed by atoms with Gasteiger partial charge in [0.15, 0.2) is 0 Å². The molecule has 3 aromatic carbocycles. The first kappa shape index (κ1) is 35.1. The molecule has 6 rings (SSSR count). The molecule has 0 saturated carbocycles. The first-order chi connectivity index (χ1) is 24.2. The van der Waals surface area contributed by atoms with E-state index in [-0.39, 0.29) is 32.6 Å². The number of methoxy groups -OCH3 is 3. The largest absolute Gasteiger partial charge is 0.511 e. The van der Waals surface area contributed by atoms with Gasteiger partial charge >= 0.3 is 0 Å². The maximum absolute atomic E-state index is 14.1. The molecule has 0 aliphatic carbocycles. The molecule has 10 nitrogen and oxygen atoms in total. The summed E-state index contributed by atoms with van der Waals surface area (Å²) in [6.07, 6.45) is 3.34. The lowest BCUT2D eigenvalue weighted by Crippen LogP contribution is -2.46. The van der Waals surface area contributed by atoms with E-state index in [0.717, 1.165) is 31.5 Å². The smallest absolute Gasteiger partial charge is 0.256 e. The van der Waals surface area contributed by atoms with Gasteiger partial charge in [0.25, 0.3) is 11.8 Å². The Kier molecular flexibility index (Phi) is 10.5. The molecule has 4 N–H and O–H groups in total. The second-order valence-electron chi connectivity index (χ2n) is 12.4. The van der Waals surface area contributed by atoms with Crippen LogP contribution in [0.4, 0.5) is 0 Å². The van der Waals surface area contributed by atoms with Crippen LogP contribution in [0.15, 0.2) is 89.4 Å². The quantitative estimate of drug-likeness (QED) is 0.189. The minimum atomic E-state index is -1.26. The van der Waals surface area contributed by atoms with Crippen molar-refractivity contribution in [1.29, 1.82) is 0 Å². The Morgan fingerprint density at radius 3 is 1.68 bits per heavy atom. The van der Waals surface area contributed by atoms with Gasteiger partial charge in [0.2, 0.25) is 0 Å². The molecule has 12 heteroatoms. The van der Waals surface area contributed by atoms with E-state index in [9.17, 15) is 19.8 Å². The number of para-hydroxylation sites is 2. The molecule has 0 aromatic heterocycles. The summed E-state index contributed by atoms with van der Waals surface area (Å²) in [7, 11) is 4.60. The Morgan fingerprint density at radius 1 is 0.720 bits per heavy atom. The molecule has 3 heterocycles. The van der Waals surface area contributed by atoms with E-state index in [4.69, 9.17) is 38.6 Å². The summed E-state index contributed by atoms with van der Waals surface area (Å²) >= 11 is 11.2. The average molecular weight is 714 g/mol. The van der Waals surface area contributed by atoms with Gasteiger partial charge in [-0.15, -0.1) is 0 Å². The molecule has 0 bridgehead atoms. The van der Waals surface area contributed by atoms with Gasteiger partial charge < -0.3 is 35.1 Å². The van der Waals surface area contributed by atoms with Crippen LogP contribution in [0.5, 0.6) is 17.2 Å². The van der Waals surface area contributed by atoms with Gasteiger partial charge in [0.1, 0.15) is 28.8 Å². The van der Waals surface area contributed by atoms with Crippen molar-refractivity contribution >= 4 is 46.2 Å². The number of carbonyl (C=O) groups excluding carboxylic acids is 2. The van der Waals surface area contributed by atoms with Crippen molar-refractivity contribution in [3.63, 3.8) is 0 Å². The lowest BCUT2D eigenvalue weighted by Gasteiger charge is -2.35. The van der Waals surface area contributed by atoms with E-state index in [0.29, 0.717) is 40.5 Å². The van der Waals surface area contributed by atoms with E-state index < -0.39 is 29.6 Å². The zero-order valence-corrected chi connectivity index (χ0v) is 29.7. The third-order valence-corrected chi connectivity index (χ3v) is 10.2. The Bertz CT molecular complexity index is 1820. The summed E-state index contributed by atoms with van der Waals surface area (Å²) in [5.74, 6) is -3.83. The van der Waals surface area contributed by atoms with Crippen LogP contribution in [0.2, 0.25) is 0 Å². The van der Waals surface area contributed by atoms with E-state index in [1.807, 2.05) is 6.07 Å². The summed E-state index contributed by atoms with van der Waals surface area (Å²) in [4.78, 5) is 30.7. The standard InChI is InChI=1S/C38H39N3O7S2/c1-46-25-16-15-21(19-22(25)20-41-17-9-4-10-18-41)28(31-33(42)29(37(49)39-35(31)44)23-11-5-7-13-26(23)47-2)32-34(43)30(38(50)40-36(32)45)24-12-6-8-14-27(24)48-3/h5-8,11-16,19,28-30,42-43H,4,9-10,17-18,20H2,1-3H3,(H,39,44,49)(H,40,45,50)/t29-,30-/m1/s1. The molecule has 0 unspecified atom stereocenters. The monoisotopic (exact) mass is 713 g/mol. The SMILES string of the molecule is COc1ccc(C(C2=C(O)[C@@H](c3ccccc3OC)C(=S)NC2=O)C2=C(O)[C@@H](c3ccccc3OC)C(=S)NC2=O)cc1CN1CCCCC1. The first-order valence-corrected chi connectivity index (χ1v) is 17.2. The van der Waals surface area contributed by atoms with Crippen LogP contribution in [-0.2, 0) is 16.1 Å². The molecule has 3 aliphatic rings. The predicted molar refractivity (Wildman–Crippen MR) is 197 cm³/mol. The van der Waals surface area contributed by atoms with E-state index in [1.54, 1.807) is 67.8 Å². The Hall–Kier alpha value is -4.78. The van der Waals surface area contributed by atoms with Gasteiger partial charge in [-0.3, -0.25) is 14.5 Å². The number of benzene rings is 3. The number of aliphatic hydroxyl groups is 2. The second kappa shape index (κ2) is 15.0. The number of hydrogen-bond acceptors (Lipinski definition) is 10. The number of nitrogens with zero attached hydrogens (tertiary/aromatic N) is 1. The highest BCUT2D eigenvalue weighted by Gasteiger charge is 2.46. The second-order valence-corrected chi connectivity index (χ2v) is 13.3. The third-order valence-electron chi connectivity index (χ3n) is 9.54. The van der Waals surface area contributed by atoms with Gasteiger partial charge in [0.05, 0.1) is 60.2 Å². The van der Waals surface area contributed by atoms with Crippen molar-refractivity contribution in [1.82, 2.24) is 15.5 Å². The highest BCUT2D eigenvalue weighted by Crippen LogP contribution is 2.46. The number of nitrogens with one attached hydrogen (secondary N) is 2. The number of carbonyl (C=O) groups is 2. The zero-order valence-electron chi connectivity index (χ0n) is 28.0. The zero-order chi connectivity index (χ0) is 35.5. The number of hydrogen-bond donors (Lipinski definition) is 4. The Balaban J connectivity index is 1.61. The van der Waals surface area contributed by atoms with E-state index in [1.165, 1.54) is 20.6 Å². The van der Waals surface area contributed by atoms with Crippen molar-refractivity contribution in [3.8, 4) is 17.2 Å². The van der Waals surface area contributed by atoms with Crippen LogP contribution in [-0.4, -0.2) is 71.3 Å². The van der Waals surface area contributed by atoms with Crippen LogP contribution in [0.3, 0.4) is 0 Å². The van der Waals surface area contributed by atoms with Gasteiger partial charge in [-0.25, -0.2) is 0 Å². The molecule has 260 valence electrons. The van der Waals surface area contributed by atoms with Crippen molar-refractivity contribution < 1.29 is 34.0 Å². The van der Waals surface area contributed by atoms with Crippen molar-refractivity contribution in [3.05, 3.63) is 112 Å². The minimum absolute atomic E-state index is 0.0689. The molecule has 3 aromatic rings. The topological polar surface area (TPSA) is 130 Å². The van der Waals surface area contributed by atoms with E-state index in [2.05, 4.69) is 15.5 Å². The summed E-state index contributed by atoms with van der Waals surface area (Å²) in [6.45, 7) is 2.42. The van der Waals surface area contributed by atoms with Gasteiger partial charge in [-0.2, -0.15) is 0 Å². The molecular formula is C38H39N3O7S2. The number of piperidine rings is 1. The maximum atomic E-state index is 14.1. The van der Waals surface area contributed by atoms with Crippen LogP contribution >= 0.6 is 24.4 Å². The molecule has 1 saturated heterocycles. The minimum Gasteiger partial charge on any atom is -0.511 e. The number of ether oxygens (including phenoxy) is 3. The molecule has 0 radical (unpaired) electrons. The van der Waals surface area contributed by atoms with Crippen LogP contribution in [0.1, 0.15) is 59.3 Å². The number of amides is 2. The van der Waals surface area contributed by atoms with Gasteiger partial charge in [-0.05, 0) is 55.8 Å². The van der Waals surface area contributed by atoms with E-state index >= 15 is 0 Å². The fraction of sp³-hybridized carbons (Fsp3) is 0.316. The number of aliphatic hydroxyl groups excluding tert-OH is 2. The molecule has 1 fully saturated rings. The molecule has 2 atom stereocenters. The summed E-state index contributed by atoms with van der Waals surface area (Å²) in [5, 5.41) is 29.9. The van der Waals surface area contributed by atoms with Crippen LogP contribution in [0.25, 0.3) is 0 Å². The Labute approximate surface area is 301 Å². The highest BCUT2D eigenvalue weighted by molar-refractivity contribution is 7.80. The predicted octanol–water partition coefficient (Wildman–Crippen LogP) is 5.89. The first-order valence-electron chi connectivity index (χ1n) is 16.4. The molecule has 50 heavy (non-hydrogen) atoms. The summed E-state index contributed by atoms with van der Waals surface area (Å²) in [6, 6.07) is 19.5. The molecule has 0 spiro atoms. The molecular weight excluding hydrogens is 675 g/mol. The van der Waals surface area contributed by atoms with Crippen LogP contribution in [0, 0.1) is 0 Å². The fourth-order valence-corrected chi connectivity index (χ4v) is 7.84. The summed E-state index contributed by atoms with van der Waals surface area (Å²) < 4.78 is 17.0. The summed E-state index contributed by atoms with van der Waals surface area (Å²) in [5.41, 5.74) is 2.06. The maximum Gasteiger partial charge on any atom is 0.256 e. The lowest BCUT2D eigenvalue weighted by atomic mass is 9.75. The third kappa shape index (κ3) is 6.58. The van der Waals surface area contributed by atoms with Gasteiger partial charge in [0, 0.05) is 23.2 Å². The highest BCUT2D eigenvalue weighted by atomic mass is 32.1.